The third-order valence-corrected chi connectivity index (χ3v) is 5.38. The fourth-order valence-electron chi connectivity index (χ4n) is 3.11. The number of nitrogens with one attached hydrogen (secondary N) is 2. The first-order chi connectivity index (χ1) is 9.02. The Morgan fingerprint density at radius 2 is 1.95 bits per heavy atom. The maximum absolute atomic E-state index is 6.24. The van der Waals surface area contributed by atoms with Crippen molar-refractivity contribution in [1.82, 2.24) is 10.3 Å². The van der Waals surface area contributed by atoms with Crippen molar-refractivity contribution in [3.63, 3.8) is 0 Å². The molecule has 2 nitrogen and oxygen atoms in total. The molecular formula is C14H17BN2S2. The molecule has 3 rings (SSSR count). The molecule has 2 radical (unpaired) electrons. The van der Waals surface area contributed by atoms with E-state index in [2.05, 4.69) is 42.5 Å². The minimum absolute atomic E-state index is 0.537. The summed E-state index contributed by atoms with van der Waals surface area (Å²) in [6.45, 7) is 6.21. The van der Waals surface area contributed by atoms with Gasteiger partial charge in [-0.05, 0) is 43.9 Å². The maximum atomic E-state index is 6.24. The summed E-state index contributed by atoms with van der Waals surface area (Å²) in [6.07, 6.45) is 1.16. The number of fused-ring (bicyclic) bond motifs is 1. The molecule has 0 saturated carbocycles. The number of hydrogen-bond donors (Lipinski definition) is 4. The Kier molecular flexibility index (Phi) is 3.40. The first-order valence-corrected chi connectivity index (χ1v) is 7.44. The van der Waals surface area contributed by atoms with Gasteiger partial charge in [0.2, 0.25) is 0 Å². The Labute approximate surface area is 126 Å². The third kappa shape index (κ3) is 1.94. The van der Waals surface area contributed by atoms with Crippen molar-refractivity contribution in [1.29, 1.82) is 0 Å². The van der Waals surface area contributed by atoms with Gasteiger partial charge in [-0.1, -0.05) is 5.46 Å². The van der Waals surface area contributed by atoms with Crippen LogP contribution < -0.4 is 10.8 Å². The largest absolute Gasteiger partial charge is 0.359 e. The zero-order valence-electron chi connectivity index (χ0n) is 11.2. The zero-order chi connectivity index (χ0) is 13.7. The van der Waals surface area contributed by atoms with E-state index in [1.807, 2.05) is 6.92 Å². The van der Waals surface area contributed by atoms with Crippen molar-refractivity contribution in [2.24, 2.45) is 0 Å². The smallest absolute Gasteiger partial charge is 0.117 e. The summed E-state index contributed by atoms with van der Waals surface area (Å²) >= 11 is 9.25. The van der Waals surface area contributed by atoms with Crippen molar-refractivity contribution in [3.05, 3.63) is 16.8 Å². The molecule has 0 aliphatic carbocycles. The van der Waals surface area contributed by atoms with Crippen LogP contribution in [0.1, 0.15) is 29.2 Å². The minimum atomic E-state index is 0.537. The van der Waals surface area contributed by atoms with E-state index >= 15 is 0 Å². The van der Waals surface area contributed by atoms with E-state index in [-0.39, 0.29) is 0 Å². The molecule has 5 heteroatoms. The molecule has 2 aromatic rings. The van der Waals surface area contributed by atoms with Gasteiger partial charge < -0.3 is 10.3 Å². The number of thiol groups is 2. The molecule has 1 fully saturated rings. The van der Waals surface area contributed by atoms with Crippen molar-refractivity contribution in [2.45, 2.75) is 36.0 Å². The van der Waals surface area contributed by atoms with Gasteiger partial charge in [-0.15, -0.1) is 25.3 Å². The molecule has 1 aliphatic rings. The predicted octanol–water partition coefficient (Wildman–Crippen LogP) is 2.23. The lowest BCUT2D eigenvalue weighted by Crippen LogP contribution is -2.11. The van der Waals surface area contributed by atoms with E-state index in [4.69, 9.17) is 7.85 Å². The minimum Gasteiger partial charge on any atom is -0.359 e. The summed E-state index contributed by atoms with van der Waals surface area (Å²) in [6, 6.07) is 0. The fourth-order valence-corrected chi connectivity index (χ4v) is 3.74. The Balaban J connectivity index is 2.36. The van der Waals surface area contributed by atoms with Gasteiger partial charge in [-0.3, -0.25) is 0 Å². The van der Waals surface area contributed by atoms with E-state index in [1.165, 1.54) is 11.3 Å². The summed E-state index contributed by atoms with van der Waals surface area (Å²) in [5.41, 5.74) is 5.35. The van der Waals surface area contributed by atoms with Crippen molar-refractivity contribution < 1.29 is 0 Å². The van der Waals surface area contributed by atoms with Gasteiger partial charge in [0, 0.05) is 32.9 Å². The molecular weight excluding hydrogens is 271 g/mol. The van der Waals surface area contributed by atoms with Gasteiger partial charge in [0.25, 0.3) is 0 Å². The molecule has 1 aromatic carbocycles. The van der Waals surface area contributed by atoms with Crippen LogP contribution in [0, 0.1) is 13.8 Å². The van der Waals surface area contributed by atoms with Crippen LogP contribution in [-0.4, -0.2) is 25.9 Å². The Bertz CT molecular complexity index is 657. The van der Waals surface area contributed by atoms with Gasteiger partial charge in [0.1, 0.15) is 7.85 Å². The average molecular weight is 288 g/mol. The van der Waals surface area contributed by atoms with Crippen LogP contribution in [0.15, 0.2) is 9.79 Å². The quantitative estimate of drug-likeness (QED) is 0.470. The van der Waals surface area contributed by atoms with Gasteiger partial charge >= 0.3 is 0 Å². The number of hydrogen-bond acceptors (Lipinski definition) is 3. The normalized spacial score (nSPS) is 19.5. The molecule has 1 saturated heterocycles. The molecule has 0 amide bonds. The molecule has 2 N–H and O–H groups in total. The Morgan fingerprint density at radius 1 is 1.21 bits per heavy atom. The second kappa shape index (κ2) is 4.79. The Morgan fingerprint density at radius 3 is 2.58 bits per heavy atom. The molecule has 1 atom stereocenters. The van der Waals surface area contributed by atoms with E-state index in [0.717, 1.165) is 51.2 Å². The number of rotatable bonds is 1. The highest BCUT2D eigenvalue weighted by Crippen LogP contribution is 2.38. The first kappa shape index (κ1) is 13.5. The molecule has 1 aromatic heterocycles. The van der Waals surface area contributed by atoms with Crippen LogP contribution in [0.2, 0.25) is 0 Å². The fraction of sp³-hybridized carbons (Fsp3) is 0.429. The van der Waals surface area contributed by atoms with E-state index < -0.39 is 0 Å². The molecule has 1 aliphatic heterocycles. The predicted molar refractivity (Wildman–Crippen MR) is 87.9 cm³/mol. The monoisotopic (exact) mass is 288 g/mol. The summed E-state index contributed by atoms with van der Waals surface area (Å²) in [5.74, 6) is 0.537. The van der Waals surface area contributed by atoms with E-state index in [9.17, 15) is 0 Å². The average Bonchev–Trinajstić information content (AvgIpc) is 3.00. The molecule has 2 heterocycles. The van der Waals surface area contributed by atoms with Crippen LogP contribution in [0.25, 0.3) is 10.9 Å². The summed E-state index contributed by atoms with van der Waals surface area (Å²) < 4.78 is 0. The van der Waals surface area contributed by atoms with Gasteiger partial charge in [0.15, 0.2) is 0 Å². The lowest BCUT2D eigenvalue weighted by Gasteiger charge is -2.14. The van der Waals surface area contributed by atoms with Crippen LogP contribution in [0.4, 0.5) is 0 Å². The molecule has 0 spiro atoms. The number of aromatic amines is 1. The highest BCUT2D eigenvalue weighted by atomic mass is 32.1. The molecule has 1 unspecified atom stereocenters. The van der Waals surface area contributed by atoms with E-state index in [1.54, 1.807) is 0 Å². The van der Waals surface area contributed by atoms with Crippen molar-refractivity contribution >= 4 is 49.5 Å². The standard InChI is InChI=1S/C14H17BN2S2/c1-6-11(15)12-10(14(19)13(6)18)9(7(2)17-12)8-3-4-16-5-8/h8,16-19H,3-5H2,1-2H3. The lowest BCUT2D eigenvalue weighted by atomic mass is 9.86. The van der Waals surface area contributed by atoms with Gasteiger partial charge in [-0.2, -0.15) is 0 Å². The van der Waals surface area contributed by atoms with Crippen LogP contribution in [0.5, 0.6) is 0 Å². The molecule has 0 bridgehead atoms. The van der Waals surface area contributed by atoms with Crippen LogP contribution in [-0.2, 0) is 0 Å². The highest BCUT2D eigenvalue weighted by molar-refractivity contribution is 7.83. The maximum Gasteiger partial charge on any atom is 0.117 e. The zero-order valence-corrected chi connectivity index (χ0v) is 13.0. The second-order valence-corrected chi connectivity index (χ2v) is 6.23. The summed E-state index contributed by atoms with van der Waals surface area (Å²) in [4.78, 5) is 5.27. The van der Waals surface area contributed by atoms with E-state index in [0.29, 0.717) is 5.92 Å². The topological polar surface area (TPSA) is 27.8 Å². The van der Waals surface area contributed by atoms with Gasteiger partial charge in [-0.25, -0.2) is 0 Å². The summed E-state index contributed by atoms with van der Waals surface area (Å²) in [7, 11) is 6.24. The molecule has 98 valence electrons. The van der Waals surface area contributed by atoms with Crippen molar-refractivity contribution in [3.8, 4) is 0 Å². The van der Waals surface area contributed by atoms with Gasteiger partial charge in [0.05, 0.1) is 0 Å². The number of H-pyrrole nitrogens is 1. The van der Waals surface area contributed by atoms with Crippen LogP contribution >= 0.6 is 25.3 Å². The Hall–Kier alpha value is -0.515. The number of aromatic nitrogens is 1. The molecule has 19 heavy (non-hydrogen) atoms. The lowest BCUT2D eigenvalue weighted by molar-refractivity contribution is 0.761. The number of benzene rings is 1. The number of aryl methyl sites for hydroxylation is 1. The highest BCUT2D eigenvalue weighted by Gasteiger charge is 2.25. The van der Waals surface area contributed by atoms with Crippen LogP contribution in [0.3, 0.4) is 0 Å². The summed E-state index contributed by atoms with van der Waals surface area (Å²) in [5, 5.41) is 4.58. The second-order valence-electron chi connectivity index (χ2n) is 5.34. The first-order valence-electron chi connectivity index (χ1n) is 6.55. The van der Waals surface area contributed by atoms with Crippen molar-refractivity contribution in [2.75, 3.05) is 13.1 Å². The SMILES string of the molecule is [B]c1c(C)c(S)c(S)c2c(C3CCNC3)c(C)[nH]c12. The third-order valence-electron chi connectivity index (χ3n) is 4.19.